The second kappa shape index (κ2) is 17.3. The third-order valence-corrected chi connectivity index (χ3v) is 15.2. The monoisotopic (exact) mass is 992 g/mol. The minimum Gasteiger partial charge on any atom is -0.310 e. The van der Waals surface area contributed by atoms with Crippen molar-refractivity contribution in [1.82, 2.24) is 0 Å². The predicted octanol–water partition coefficient (Wildman–Crippen LogP) is 19.0. The summed E-state index contributed by atoms with van der Waals surface area (Å²) < 4.78 is 0.249. The maximum atomic E-state index is 2.72. The van der Waals surface area contributed by atoms with Gasteiger partial charge in [0.2, 0.25) is 0 Å². The lowest BCUT2D eigenvalue weighted by molar-refractivity contribution is 1.05. The third kappa shape index (κ3) is 7.24. The zero-order valence-corrected chi connectivity index (χ0v) is 40.0. The summed E-state index contributed by atoms with van der Waals surface area (Å²) in [7, 11) is 0. The van der Waals surface area contributed by atoms with Crippen LogP contribution in [0.4, 0.5) is 34.1 Å². The first-order valence-corrected chi connectivity index (χ1v) is 25.0. The lowest BCUT2D eigenvalue weighted by Crippen LogP contribution is -2.13. The van der Waals surface area contributed by atoms with Gasteiger partial charge < -0.3 is 9.80 Å². The maximum Gasteiger partial charge on any atom is 0.0540 e. The molecule has 0 aromatic heterocycles. The van der Waals surface area contributed by atoms with Crippen molar-refractivity contribution in [1.29, 1.82) is 0 Å². The zero-order valence-electron chi connectivity index (χ0n) is 37.8. The first kappa shape index (κ1) is 41.2. The van der Waals surface area contributed by atoms with E-state index in [-0.39, 0.29) is 3.92 Å². The molecule has 69 heavy (non-hydrogen) atoms. The summed E-state index contributed by atoms with van der Waals surface area (Å²) in [5, 5.41) is 12.2. The highest BCUT2D eigenvalue weighted by Crippen LogP contribution is 2.50. The van der Waals surface area contributed by atoms with E-state index < -0.39 is 0 Å². The van der Waals surface area contributed by atoms with E-state index in [1.807, 2.05) is 0 Å². The van der Waals surface area contributed by atoms with E-state index in [1.54, 1.807) is 0 Å². The molecule has 0 amide bonds. The molecule has 0 N–H and O–H groups in total. The summed E-state index contributed by atoms with van der Waals surface area (Å²) in [4.78, 5) is 4.89. The van der Waals surface area contributed by atoms with E-state index in [2.05, 4.69) is 287 Å². The topological polar surface area (TPSA) is 6.48 Å². The van der Waals surface area contributed by atoms with Crippen LogP contribution in [0.3, 0.4) is 0 Å². The van der Waals surface area contributed by atoms with E-state index in [4.69, 9.17) is 0 Å². The minimum absolute atomic E-state index is 0.249. The molecule has 0 radical (unpaired) electrons. The van der Waals surface area contributed by atoms with Crippen molar-refractivity contribution in [2.24, 2.45) is 0 Å². The molecule has 12 aromatic rings. The first-order valence-electron chi connectivity index (χ1n) is 23.8. The highest BCUT2D eigenvalue weighted by Gasteiger charge is 2.28. The van der Waals surface area contributed by atoms with Crippen molar-refractivity contribution in [3.63, 3.8) is 0 Å². The van der Waals surface area contributed by atoms with Gasteiger partial charge in [0.1, 0.15) is 0 Å². The molecule has 0 fully saturated rings. The smallest absolute Gasteiger partial charge is 0.0540 e. The number of benzene rings is 12. The van der Waals surface area contributed by atoms with Crippen LogP contribution in [0.2, 0.25) is 0 Å². The van der Waals surface area contributed by atoms with E-state index >= 15 is 0 Å². The van der Waals surface area contributed by atoms with Crippen LogP contribution >= 0.6 is 22.6 Å². The van der Waals surface area contributed by atoms with Gasteiger partial charge in [0.15, 0.2) is 0 Å². The number of halogens is 1. The molecule has 0 spiro atoms. The number of alkyl halides is 1. The SMILES string of the molecule is IC1Cc2ccccc2C=C1c1c2cc(N(c3ccccc3)c3cccc4ccccc34)ccc2c(-c2ccc3ccccc3c2)c2cc(N(c3ccccc3)c3cccc4ccccc34)ccc12. The standard InChI is InChI=1S/C66H45IN2/c67-62-41-49-22-10-9-21-48(49)40-61(62)66-58-38-36-53(68(51-25-3-1-4-26-51)63-31-15-23-45-18-11-13-29-55(45)63)42-59(58)65(50-34-33-44-17-7-8-20-47(44)39-50)57-37-35-54(43-60(57)66)69(52-27-5-2-6-28-52)64-32-16-24-46-19-12-14-30-56(46)64/h1-40,42-43,62H,41H2. The fourth-order valence-electron chi connectivity index (χ4n) is 10.9. The van der Waals surface area contributed by atoms with Crippen LogP contribution in [0, 0.1) is 0 Å². The van der Waals surface area contributed by atoms with Crippen LogP contribution in [0.5, 0.6) is 0 Å². The molecule has 13 rings (SSSR count). The molecule has 0 bridgehead atoms. The molecule has 1 atom stereocenters. The highest BCUT2D eigenvalue weighted by molar-refractivity contribution is 14.1. The summed E-state index contributed by atoms with van der Waals surface area (Å²) in [6, 6.07) is 91.6. The average Bonchev–Trinajstić information content (AvgIpc) is 3.41. The van der Waals surface area contributed by atoms with E-state index in [0.717, 1.165) is 40.5 Å². The molecular formula is C66H45IN2. The molecule has 1 aliphatic rings. The van der Waals surface area contributed by atoms with Crippen LogP contribution in [0.25, 0.3) is 76.6 Å². The summed E-state index contributed by atoms with van der Waals surface area (Å²) in [6.45, 7) is 0. The van der Waals surface area contributed by atoms with Crippen molar-refractivity contribution in [3.8, 4) is 11.1 Å². The summed E-state index contributed by atoms with van der Waals surface area (Å²) in [5.74, 6) is 0. The molecule has 3 heteroatoms. The largest absolute Gasteiger partial charge is 0.310 e. The van der Waals surface area contributed by atoms with Gasteiger partial charge in [-0.25, -0.2) is 0 Å². The Morgan fingerprint density at radius 2 is 0.826 bits per heavy atom. The molecule has 12 aromatic carbocycles. The summed E-state index contributed by atoms with van der Waals surface area (Å²) >= 11 is 2.72. The Labute approximate surface area is 416 Å². The van der Waals surface area contributed by atoms with Gasteiger partial charge in [-0.3, -0.25) is 0 Å². The molecule has 0 saturated heterocycles. The molecule has 0 saturated carbocycles. The van der Waals surface area contributed by atoms with Crippen molar-refractivity contribution in [2.45, 2.75) is 10.3 Å². The first-order chi connectivity index (χ1) is 34.1. The van der Waals surface area contributed by atoms with Gasteiger partial charge in [0.05, 0.1) is 11.4 Å². The van der Waals surface area contributed by atoms with Crippen LogP contribution in [-0.4, -0.2) is 3.92 Å². The Hall–Kier alpha value is -7.99. The number of hydrogen-bond donors (Lipinski definition) is 0. The average molecular weight is 993 g/mol. The molecular weight excluding hydrogens is 948 g/mol. The summed E-state index contributed by atoms with van der Waals surface area (Å²) in [6.07, 6.45) is 3.44. The second-order valence-electron chi connectivity index (χ2n) is 18.1. The second-order valence-corrected chi connectivity index (χ2v) is 19.6. The van der Waals surface area contributed by atoms with Crippen molar-refractivity contribution >= 4 is 122 Å². The van der Waals surface area contributed by atoms with E-state index in [1.165, 1.54) is 87.3 Å². The molecule has 2 nitrogen and oxygen atoms in total. The zero-order chi connectivity index (χ0) is 45.8. The lowest BCUT2D eigenvalue weighted by atomic mass is 9.81. The van der Waals surface area contributed by atoms with Crippen LogP contribution in [0.1, 0.15) is 16.7 Å². The Kier molecular flexibility index (Phi) is 10.3. The Morgan fingerprint density at radius 3 is 1.45 bits per heavy atom. The third-order valence-electron chi connectivity index (χ3n) is 14.1. The quantitative estimate of drug-likeness (QED) is 0.0850. The fourth-order valence-corrected chi connectivity index (χ4v) is 11.9. The number of hydrogen-bond acceptors (Lipinski definition) is 2. The van der Waals surface area contributed by atoms with Gasteiger partial charge in [-0.05, 0) is 156 Å². The summed E-state index contributed by atoms with van der Waals surface area (Å²) in [5.41, 5.74) is 14.5. The van der Waals surface area contributed by atoms with E-state index in [0.29, 0.717) is 0 Å². The number of anilines is 6. The fraction of sp³-hybridized carbons (Fsp3) is 0.0303. The van der Waals surface area contributed by atoms with Gasteiger partial charge in [0, 0.05) is 37.4 Å². The number of para-hydroxylation sites is 2. The van der Waals surface area contributed by atoms with Gasteiger partial charge >= 0.3 is 0 Å². The van der Waals surface area contributed by atoms with Gasteiger partial charge in [-0.1, -0.05) is 205 Å². The maximum absolute atomic E-state index is 2.72. The van der Waals surface area contributed by atoms with Crippen molar-refractivity contribution in [2.75, 3.05) is 9.80 Å². The van der Waals surface area contributed by atoms with Crippen LogP contribution in [-0.2, 0) is 6.42 Å². The number of fused-ring (bicyclic) bond motifs is 6. The number of allylic oxidation sites excluding steroid dienone is 1. The Balaban J connectivity index is 1.16. The van der Waals surface area contributed by atoms with Crippen LogP contribution in [0.15, 0.2) is 249 Å². The Morgan fingerprint density at radius 1 is 0.333 bits per heavy atom. The highest BCUT2D eigenvalue weighted by atomic mass is 127. The van der Waals surface area contributed by atoms with Crippen molar-refractivity contribution in [3.05, 3.63) is 265 Å². The predicted molar refractivity (Wildman–Crippen MR) is 305 cm³/mol. The normalized spacial score (nSPS) is 13.5. The lowest BCUT2D eigenvalue weighted by Gasteiger charge is -2.30. The molecule has 1 aliphatic carbocycles. The molecule has 0 aliphatic heterocycles. The van der Waals surface area contributed by atoms with E-state index in [9.17, 15) is 0 Å². The minimum atomic E-state index is 0.249. The molecule has 1 unspecified atom stereocenters. The number of rotatable bonds is 8. The Bertz CT molecular complexity index is 3960. The van der Waals surface area contributed by atoms with Gasteiger partial charge in [-0.15, -0.1) is 0 Å². The molecule has 326 valence electrons. The molecule has 0 heterocycles. The van der Waals surface area contributed by atoms with Gasteiger partial charge in [-0.2, -0.15) is 0 Å². The van der Waals surface area contributed by atoms with Gasteiger partial charge in [0.25, 0.3) is 0 Å². The van der Waals surface area contributed by atoms with Crippen molar-refractivity contribution < 1.29 is 0 Å². The number of nitrogens with zero attached hydrogens (tertiary/aromatic N) is 2. The van der Waals surface area contributed by atoms with Crippen LogP contribution < -0.4 is 9.80 Å².